The zero-order valence-electron chi connectivity index (χ0n) is 13.8. The Bertz CT molecular complexity index is 723. The van der Waals surface area contributed by atoms with Gasteiger partial charge < -0.3 is 29.2 Å². The topological polar surface area (TPSA) is 77.4 Å². The van der Waals surface area contributed by atoms with Gasteiger partial charge in [0.2, 0.25) is 6.29 Å². The van der Waals surface area contributed by atoms with Crippen LogP contribution in [0.25, 0.3) is 0 Å². The van der Waals surface area contributed by atoms with E-state index in [1.54, 1.807) is 24.3 Å². The van der Waals surface area contributed by atoms with Gasteiger partial charge in [-0.15, -0.1) is 12.6 Å². The SMILES string of the molecule is O[C@@H]1[C@@H](O)[C@H](Oc2ccc(S)cc2)O[C@@H]2COC(c3ccccc3)O[C@@H]12. The minimum Gasteiger partial charge on any atom is -0.462 e. The van der Waals surface area contributed by atoms with Crippen LogP contribution in [-0.2, 0) is 14.2 Å². The van der Waals surface area contributed by atoms with Crippen molar-refractivity contribution >= 4 is 12.6 Å². The van der Waals surface area contributed by atoms with Crippen molar-refractivity contribution in [1.29, 1.82) is 0 Å². The van der Waals surface area contributed by atoms with E-state index in [1.165, 1.54) is 0 Å². The number of aliphatic hydroxyl groups is 2. The molecule has 0 saturated carbocycles. The molecule has 2 aromatic carbocycles. The van der Waals surface area contributed by atoms with Gasteiger partial charge in [-0.25, -0.2) is 0 Å². The van der Waals surface area contributed by atoms with Crippen molar-refractivity contribution in [1.82, 2.24) is 0 Å². The summed E-state index contributed by atoms with van der Waals surface area (Å²) in [5, 5.41) is 20.9. The molecule has 6 nitrogen and oxygen atoms in total. The third kappa shape index (κ3) is 3.59. The molecule has 0 bridgehead atoms. The molecule has 0 aliphatic carbocycles. The molecule has 2 fully saturated rings. The molecule has 0 spiro atoms. The minimum absolute atomic E-state index is 0.226. The monoisotopic (exact) mass is 376 g/mol. The molecule has 26 heavy (non-hydrogen) atoms. The first-order valence-corrected chi connectivity index (χ1v) is 8.86. The predicted molar refractivity (Wildman–Crippen MR) is 95.0 cm³/mol. The molecule has 138 valence electrons. The fourth-order valence-corrected chi connectivity index (χ4v) is 3.26. The van der Waals surface area contributed by atoms with E-state index in [-0.39, 0.29) is 6.61 Å². The maximum Gasteiger partial charge on any atom is 0.229 e. The molecule has 1 unspecified atom stereocenters. The van der Waals surface area contributed by atoms with Crippen molar-refractivity contribution in [3.63, 3.8) is 0 Å². The van der Waals surface area contributed by atoms with Gasteiger partial charge in [0, 0.05) is 10.5 Å². The second kappa shape index (κ2) is 7.56. The van der Waals surface area contributed by atoms with E-state index < -0.39 is 37.0 Å². The number of benzene rings is 2. The number of hydrogen-bond acceptors (Lipinski definition) is 7. The summed E-state index contributed by atoms with van der Waals surface area (Å²) in [5.74, 6) is 0.511. The van der Waals surface area contributed by atoms with Gasteiger partial charge in [-0.05, 0) is 24.3 Å². The lowest BCUT2D eigenvalue weighted by molar-refractivity contribution is -0.350. The third-order valence-electron chi connectivity index (χ3n) is 4.49. The number of rotatable bonds is 3. The number of aliphatic hydroxyl groups excluding tert-OH is 2. The largest absolute Gasteiger partial charge is 0.462 e. The van der Waals surface area contributed by atoms with Crippen molar-refractivity contribution in [3.05, 3.63) is 60.2 Å². The summed E-state index contributed by atoms with van der Waals surface area (Å²) in [6.45, 7) is 0.226. The van der Waals surface area contributed by atoms with Gasteiger partial charge in [0.25, 0.3) is 0 Å². The Morgan fingerprint density at radius 2 is 1.65 bits per heavy atom. The Balaban J connectivity index is 1.45. The van der Waals surface area contributed by atoms with Crippen molar-refractivity contribution in [3.8, 4) is 5.75 Å². The lowest BCUT2D eigenvalue weighted by atomic mass is 9.98. The van der Waals surface area contributed by atoms with Gasteiger partial charge in [-0.2, -0.15) is 0 Å². The molecule has 2 saturated heterocycles. The normalized spacial score (nSPS) is 34.1. The van der Waals surface area contributed by atoms with Crippen LogP contribution < -0.4 is 4.74 Å². The first-order valence-electron chi connectivity index (χ1n) is 8.41. The highest BCUT2D eigenvalue weighted by Crippen LogP contribution is 2.34. The lowest BCUT2D eigenvalue weighted by Gasteiger charge is -2.46. The van der Waals surface area contributed by atoms with Crippen LogP contribution >= 0.6 is 12.6 Å². The summed E-state index contributed by atoms with van der Waals surface area (Å²) in [7, 11) is 0. The molecule has 0 aromatic heterocycles. The van der Waals surface area contributed by atoms with Gasteiger partial charge in [0.1, 0.15) is 30.2 Å². The second-order valence-corrected chi connectivity index (χ2v) is 6.83. The Labute approximate surface area is 156 Å². The molecule has 7 heteroatoms. The van der Waals surface area contributed by atoms with Crippen LogP contribution in [0.5, 0.6) is 5.75 Å². The van der Waals surface area contributed by atoms with Gasteiger partial charge in [0.05, 0.1) is 6.61 Å². The fraction of sp³-hybridized carbons (Fsp3) is 0.368. The van der Waals surface area contributed by atoms with Crippen LogP contribution in [0.3, 0.4) is 0 Å². The van der Waals surface area contributed by atoms with Crippen LogP contribution in [0.4, 0.5) is 0 Å². The van der Waals surface area contributed by atoms with Gasteiger partial charge >= 0.3 is 0 Å². The van der Waals surface area contributed by atoms with Gasteiger partial charge in [0.15, 0.2) is 6.29 Å². The minimum atomic E-state index is -1.25. The third-order valence-corrected chi connectivity index (χ3v) is 4.79. The molecule has 2 heterocycles. The smallest absolute Gasteiger partial charge is 0.229 e. The summed E-state index contributed by atoms with van der Waals surface area (Å²) < 4.78 is 23.0. The lowest BCUT2D eigenvalue weighted by Crippen LogP contribution is -2.62. The van der Waals surface area contributed by atoms with Crippen LogP contribution in [0, 0.1) is 0 Å². The van der Waals surface area contributed by atoms with Crippen molar-refractivity contribution in [2.24, 2.45) is 0 Å². The van der Waals surface area contributed by atoms with E-state index in [0.717, 1.165) is 10.5 Å². The molecule has 2 aliphatic heterocycles. The Hall–Kier alpha value is -1.61. The summed E-state index contributed by atoms with van der Waals surface area (Å²) in [6, 6.07) is 16.4. The number of fused-ring (bicyclic) bond motifs is 1. The van der Waals surface area contributed by atoms with Crippen LogP contribution in [0.15, 0.2) is 59.5 Å². The first kappa shape index (κ1) is 17.8. The average Bonchev–Trinajstić information content (AvgIpc) is 2.68. The zero-order valence-corrected chi connectivity index (χ0v) is 14.7. The highest BCUT2D eigenvalue weighted by atomic mass is 32.1. The molecule has 0 radical (unpaired) electrons. The molecule has 2 aromatic rings. The van der Waals surface area contributed by atoms with Crippen molar-refractivity contribution < 1.29 is 29.2 Å². The van der Waals surface area contributed by atoms with E-state index >= 15 is 0 Å². The first-order chi connectivity index (χ1) is 12.6. The van der Waals surface area contributed by atoms with E-state index in [1.807, 2.05) is 30.3 Å². The zero-order chi connectivity index (χ0) is 18.1. The van der Waals surface area contributed by atoms with Crippen molar-refractivity contribution in [2.45, 2.75) is 41.9 Å². The predicted octanol–water partition coefficient (Wildman–Crippen LogP) is 1.91. The summed E-state index contributed by atoms with van der Waals surface area (Å²) in [4.78, 5) is 0.795. The Kier molecular flexibility index (Phi) is 5.17. The molecular weight excluding hydrogens is 356 g/mol. The number of ether oxygens (including phenoxy) is 4. The summed E-state index contributed by atoms with van der Waals surface area (Å²) in [5.41, 5.74) is 0.845. The van der Waals surface area contributed by atoms with Gasteiger partial charge in [-0.3, -0.25) is 0 Å². The maximum atomic E-state index is 10.5. The Morgan fingerprint density at radius 1 is 0.923 bits per heavy atom. The number of thiol groups is 1. The standard InChI is InChI=1S/C19H20O6S/c20-15-16(21)19(23-12-6-8-13(26)9-7-12)24-14-10-22-18(25-17(14)15)11-4-2-1-3-5-11/h1-9,14-21,26H,10H2/t14-,15-,16-,17-,18?,19-/m1/s1. The molecule has 0 amide bonds. The molecular formula is C19H20O6S. The van der Waals surface area contributed by atoms with E-state index in [2.05, 4.69) is 12.6 Å². The summed E-state index contributed by atoms with van der Waals surface area (Å²) in [6.07, 6.45) is -5.27. The summed E-state index contributed by atoms with van der Waals surface area (Å²) >= 11 is 4.22. The highest BCUT2D eigenvalue weighted by Gasteiger charge is 2.49. The fourth-order valence-electron chi connectivity index (χ4n) is 3.11. The van der Waals surface area contributed by atoms with E-state index in [0.29, 0.717) is 5.75 Å². The van der Waals surface area contributed by atoms with Crippen molar-refractivity contribution in [2.75, 3.05) is 6.61 Å². The van der Waals surface area contributed by atoms with Crippen LogP contribution in [0.1, 0.15) is 11.9 Å². The highest BCUT2D eigenvalue weighted by molar-refractivity contribution is 7.80. The second-order valence-electron chi connectivity index (χ2n) is 6.31. The maximum absolute atomic E-state index is 10.5. The molecule has 6 atom stereocenters. The quantitative estimate of drug-likeness (QED) is 0.711. The van der Waals surface area contributed by atoms with E-state index in [9.17, 15) is 10.2 Å². The van der Waals surface area contributed by atoms with Crippen LogP contribution in [0.2, 0.25) is 0 Å². The average molecular weight is 376 g/mol. The molecule has 2 N–H and O–H groups in total. The molecule has 4 rings (SSSR count). The Morgan fingerprint density at radius 3 is 2.38 bits per heavy atom. The van der Waals surface area contributed by atoms with Crippen LogP contribution in [-0.4, -0.2) is 47.5 Å². The van der Waals surface area contributed by atoms with E-state index in [4.69, 9.17) is 18.9 Å². The van der Waals surface area contributed by atoms with Gasteiger partial charge in [-0.1, -0.05) is 30.3 Å². The number of hydrogen-bond donors (Lipinski definition) is 3. The molecule has 2 aliphatic rings.